The topological polar surface area (TPSA) is 68.5 Å². The Hall–Kier alpha value is -1.14. The van der Waals surface area contributed by atoms with E-state index in [0.29, 0.717) is 10.9 Å². The van der Waals surface area contributed by atoms with E-state index in [2.05, 4.69) is 4.98 Å². The molecule has 1 heterocycles. The summed E-state index contributed by atoms with van der Waals surface area (Å²) in [5.74, 6) is 0.190. The Balaban J connectivity index is 2.87. The first-order valence-electron chi connectivity index (χ1n) is 3.21. The third kappa shape index (κ3) is 1.72. The van der Waals surface area contributed by atoms with Gasteiger partial charge in [0.1, 0.15) is 0 Å². The zero-order valence-electron chi connectivity index (χ0n) is 6.77. The van der Waals surface area contributed by atoms with Gasteiger partial charge in [-0.15, -0.1) is 11.3 Å². The Kier molecular flexibility index (Phi) is 2.61. The normalized spacial score (nSPS) is 9.83. The minimum Gasteiger partial charge on any atom is -0.375 e. The molecule has 5 nitrogen and oxygen atoms in total. The molecule has 1 aromatic heterocycles. The number of aromatic nitrogens is 1. The summed E-state index contributed by atoms with van der Waals surface area (Å²) >= 11 is 1.26. The summed E-state index contributed by atoms with van der Waals surface area (Å²) < 4.78 is 0. The molecule has 0 unspecified atom stereocenters. The lowest BCUT2D eigenvalue weighted by Gasteiger charge is -2.13. The smallest absolute Gasteiger partial charge is 0.249 e. The van der Waals surface area contributed by atoms with Gasteiger partial charge in [-0.2, -0.15) is 5.06 Å². The van der Waals surface area contributed by atoms with Crippen LogP contribution in [-0.4, -0.2) is 18.0 Å². The zero-order chi connectivity index (χ0) is 9.14. The second-order valence-electron chi connectivity index (χ2n) is 2.04. The fourth-order valence-corrected chi connectivity index (χ4v) is 1.28. The number of nitrogen functional groups attached to an aromatic ring is 1. The quantitative estimate of drug-likeness (QED) is 0.690. The van der Waals surface area contributed by atoms with Crippen LogP contribution in [0.1, 0.15) is 6.92 Å². The Labute approximate surface area is 73.7 Å². The van der Waals surface area contributed by atoms with E-state index in [1.54, 1.807) is 5.38 Å². The largest absolute Gasteiger partial charge is 0.375 e. The lowest BCUT2D eigenvalue weighted by Crippen LogP contribution is -2.27. The summed E-state index contributed by atoms with van der Waals surface area (Å²) in [5, 5.41) is 3.14. The van der Waals surface area contributed by atoms with Crippen LogP contribution in [0.5, 0.6) is 0 Å². The maximum Gasteiger partial charge on any atom is 0.249 e. The van der Waals surface area contributed by atoms with Gasteiger partial charge >= 0.3 is 0 Å². The summed E-state index contributed by atoms with van der Waals surface area (Å²) in [6.45, 7) is 1.39. The van der Waals surface area contributed by atoms with Crippen molar-refractivity contribution in [1.29, 1.82) is 0 Å². The molecule has 66 valence electrons. The summed E-state index contributed by atoms with van der Waals surface area (Å²) in [4.78, 5) is 19.6. The van der Waals surface area contributed by atoms with Gasteiger partial charge < -0.3 is 5.73 Å². The average Bonchev–Trinajstić information content (AvgIpc) is 2.37. The molecule has 0 radical (unpaired) electrons. The molecule has 0 spiro atoms. The summed E-state index contributed by atoms with van der Waals surface area (Å²) in [6.07, 6.45) is 0. The molecule has 1 rings (SSSR count). The number of amides is 1. The van der Waals surface area contributed by atoms with Crippen molar-refractivity contribution >= 4 is 28.2 Å². The van der Waals surface area contributed by atoms with Crippen molar-refractivity contribution in [3.05, 3.63) is 5.38 Å². The van der Waals surface area contributed by atoms with E-state index >= 15 is 0 Å². The highest BCUT2D eigenvalue weighted by atomic mass is 32.1. The number of hydroxylamine groups is 1. The molecule has 0 bridgehead atoms. The van der Waals surface area contributed by atoms with Crippen LogP contribution in [0.4, 0.5) is 10.9 Å². The van der Waals surface area contributed by atoms with Crippen LogP contribution in [0.2, 0.25) is 0 Å². The van der Waals surface area contributed by atoms with Gasteiger partial charge in [0.15, 0.2) is 10.9 Å². The highest BCUT2D eigenvalue weighted by Crippen LogP contribution is 2.19. The Morgan fingerprint density at radius 3 is 2.83 bits per heavy atom. The first-order chi connectivity index (χ1) is 5.65. The summed E-state index contributed by atoms with van der Waals surface area (Å²) in [6, 6.07) is 0. The van der Waals surface area contributed by atoms with Gasteiger partial charge in [-0.1, -0.05) is 0 Å². The number of nitrogens with zero attached hydrogens (tertiary/aromatic N) is 2. The van der Waals surface area contributed by atoms with E-state index in [1.165, 1.54) is 25.4 Å². The number of thiazole rings is 1. The predicted octanol–water partition coefficient (Wildman–Crippen LogP) is 0.640. The lowest BCUT2D eigenvalue weighted by molar-refractivity contribution is -0.122. The van der Waals surface area contributed by atoms with Crippen LogP contribution in [0.25, 0.3) is 0 Å². The Morgan fingerprint density at radius 2 is 2.50 bits per heavy atom. The second-order valence-corrected chi connectivity index (χ2v) is 2.93. The van der Waals surface area contributed by atoms with Crippen LogP contribution in [0, 0.1) is 0 Å². The lowest BCUT2D eigenvalue weighted by atomic mass is 10.6. The van der Waals surface area contributed by atoms with Crippen LogP contribution in [0.15, 0.2) is 5.38 Å². The molecule has 0 saturated carbocycles. The van der Waals surface area contributed by atoms with Crippen molar-refractivity contribution in [2.45, 2.75) is 6.92 Å². The van der Waals surface area contributed by atoms with E-state index in [0.717, 1.165) is 5.06 Å². The van der Waals surface area contributed by atoms with Crippen LogP contribution >= 0.6 is 11.3 Å². The number of rotatable bonds is 2. The molecule has 1 aromatic rings. The third-order valence-electron chi connectivity index (χ3n) is 1.19. The average molecular weight is 187 g/mol. The molecule has 0 aliphatic heterocycles. The van der Waals surface area contributed by atoms with E-state index < -0.39 is 0 Å². The molecule has 0 saturated heterocycles. The van der Waals surface area contributed by atoms with Gasteiger partial charge in [0, 0.05) is 12.3 Å². The number of carbonyl (C=O) groups is 1. The van der Waals surface area contributed by atoms with Gasteiger partial charge in [0.2, 0.25) is 5.91 Å². The van der Waals surface area contributed by atoms with E-state index in [4.69, 9.17) is 10.6 Å². The van der Waals surface area contributed by atoms with E-state index in [9.17, 15) is 4.79 Å². The molecule has 2 N–H and O–H groups in total. The molecule has 0 aromatic carbocycles. The van der Waals surface area contributed by atoms with E-state index in [-0.39, 0.29) is 5.91 Å². The van der Waals surface area contributed by atoms with E-state index in [1.807, 2.05) is 0 Å². The first-order valence-corrected chi connectivity index (χ1v) is 4.09. The summed E-state index contributed by atoms with van der Waals surface area (Å²) in [7, 11) is 1.40. The first kappa shape index (κ1) is 8.95. The standard InChI is InChI=1S/C6H9N3O2S/c1-4(10)9(11-2)5-3-12-6(7)8-5/h3H,1-2H3,(H2,7,8). The molecular formula is C6H9N3O2S. The fraction of sp³-hybridized carbons (Fsp3) is 0.333. The van der Waals surface area contributed by atoms with Crippen molar-refractivity contribution in [2.75, 3.05) is 17.9 Å². The molecule has 1 amide bonds. The second kappa shape index (κ2) is 3.51. The molecule has 0 atom stereocenters. The number of carbonyl (C=O) groups excluding carboxylic acids is 1. The molecule has 0 aliphatic carbocycles. The Bertz CT molecular complexity index is 286. The Morgan fingerprint density at radius 1 is 1.83 bits per heavy atom. The number of hydrogen-bond donors (Lipinski definition) is 1. The van der Waals surface area contributed by atoms with Gasteiger partial charge in [-0.25, -0.2) is 4.98 Å². The maximum atomic E-state index is 10.9. The van der Waals surface area contributed by atoms with Crippen molar-refractivity contribution < 1.29 is 9.63 Å². The number of nitrogens with two attached hydrogens (primary N) is 1. The highest BCUT2D eigenvalue weighted by molar-refractivity contribution is 7.13. The predicted molar refractivity (Wildman–Crippen MR) is 46.7 cm³/mol. The molecule has 0 aliphatic rings. The van der Waals surface area contributed by atoms with Crippen molar-refractivity contribution in [3.63, 3.8) is 0 Å². The van der Waals surface area contributed by atoms with Gasteiger partial charge in [-0.05, 0) is 0 Å². The number of hydrogen-bond acceptors (Lipinski definition) is 5. The fourth-order valence-electron chi connectivity index (χ4n) is 0.755. The SMILES string of the molecule is CON(C(C)=O)c1csc(N)n1. The molecule has 0 fully saturated rings. The minimum atomic E-state index is -0.234. The van der Waals surface area contributed by atoms with Crippen molar-refractivity contribution in [3.8, 4) is 0 Å². The number of anilines is 2. The van der Waals surface area contributed by atoms with Crippen molar-refractivity contribution in [1.82, 2.24) is 4.98 Å². The van der Waals surface area contributed by atoms with Gasteiger partial charge in [0.05, 0.1) is 7.11 Å². The van der Waals surface area contributed by atoms with Crippen molar-refractivity contribution in [2.24, 2.45) is 0 Å². The zero-order valence-corrected chi connectivity index (χ0v) is 7.59. The van der Waals surface area contributed by atoms with Crippen LogP contribution < -0.4 is 10.8 Å². The minimum absolute atomic E-state index is 0.234. The third-order valence-corrected chi connectivity index (χ3v) is 1.85. The molecule has 12 heavy (non-hydrogen) atoms. The monoisotopic (exact) mass is 187 g/mol. The summed E-state index contributed by atoms with van der Waals surface area (Å²) in [5.41, 5.74) is 5.39. The van der Waals surface area contributed by atoms with Crippen LogP contribution in [0.3, 0.4) is 0 Å². The molecule has 6 heteroatoms. The highest BCUT2D eigenvalue weighted by Gasteiger charge is 2.13. The maximum absolute atomic E-state index is 10.9. The van der Waals surface area contributed by atoms with Crippen LogP contribution in [-0.2, 0) is 9.63 Å². The van der Waals surface area contributed by atoms with Gasteiger partial charge in [-0.3, -0.25) is 9.63 Å². The van der Waals surface area contributed by atoms with Gasteiger partial charge in [0.25, 0.3) is 0 Å². The molecular weight excluding hydrogens is 178 g/mol.